The van der Waals surface area contributed by atoms with Crippen molar-refractivity contribution in [1.29, 1.82) is 0 Å². The van der Waals surface area contributed by atoms with Crippen LogP contribution in [0.5, 0.6) is 5.88 Å². The zero-order valence-corrected chi connectivity index (χ0v) is 9.41. The number of halogens is 3. The first-order valence-corrected chi connectivity index (χ1v) is 4.90. The number of carbonyl (C=O) groups is 1. The molecule has 1 aromatic heterocycles. The molecule has 0 saturated carbocycles. The van der Waals surface area contributed by atoms with Crippen molar-refractivity contribution in [3.05, 3.63) is 22.9 Å². The fourth-order valence-corrected chi connectivity index (χ4v) is 1.50. The Morgan fingerprint density at radius 3 is 2.61 bits per heavy atom. The number of nitrogens with zero attached hydrogens (tertiary/aromatic N) is 1. The Hall–Kier alpha value is -1.83. The summed E-state index contributed by atoms with van der Waals surface area (Å²) in [6.07, 6.45) is -5.31. The second kappa shape index (κ2) is 5.21. The van der Waals surface area contributed by atoms with Gasteiger partial charge in [0.15, 0.2) is 0 Å². The Kier molecular flexibility index (Phi) is 4.12. The van der Waals surface area contributed by atoms with Crippen LogP contribution in [0.2, 0.25) is 0 Å². The number of carboxylic acids is 1. The standard InChI is InChI=1S/C10H11F3N2O3/c1-5-7(4-14)6(3-9(16)17)2-8(15-5)18-10(11,12)13/h2H,3-4,14H2,1H3,(H,16,17). The molecule has 8 heteroatoms. The SMILES string of the molecule is Cc1nc(OC(F)(F)F)cc(CC(=O)O)c1CN. The van der Waals surface area contributed by atoms with Gasteiger partial charge in [0, 0.05) is 18.3 Å². The Balaban J connectivity index is 3.17. The summed E-state index contributed by atoms with van der Waals surface area (Å²) < 4.78 is 39.8. The summed E-state index contributed by atoms with van der Waals surface area (Å²) in [6, 6.07) is 0.941. The first-order chi connectivity index (χ1) is 8.23. The van der Waals surface area contributed by atoms with Crippen LogP contribution >= 0.6 is 0 Å². The highest BCUT2D eigenvalue weighted by Gasteiger charge is 2.32. The number of hydrogen-bond acceptors (Lipinski definition) is 4. The van der Waals surface area contributed by atoms with E-state index in [1.807, 2.05) is 0 Å². The van der Waals surface area contributed by atoms with Crippen molar-refractivity contribution >= 4 is 5.97 Å². The molecule has 0 aromatic carbocycles. The first kappa shape index (κ1) is 14.2. The lowest BCUT2D eigenvalue weighted by Gasteiger charge is -2.13. The van der Waals surface area contributed by atoms with Crippen molar-refractivity contribution in [3.63, 3.8) is 0 Å². The van der Waals surface area contributed by atoms with Crippen LogP contribution in [-0.2, 0) is 17.8 Å². The third kappa shape index (κ3) is 3.88. The van der Waals surface area contributed by atoms with Gasteiger partial charge >= 0.3 is 12.3 Å². The number of aryl methyl sites for hydroxylation is 1. The molecule has 0 atom stereocenters. The number of rotatable bonds is 4. The number of ether oxygens (including phenoxy) is 1. The van der Waals surface area contributed by atoms with Crippen molar-refractivity contribution in [2.75, 3.05) is 0 Å². The minimum Gasteiger partial charge on any atom is -0.481 e. The largest absolute Gasteiger partial charge is 0.574 e. The molecule has 0 bridgehead atoms. The van der Waals surface area contributed by atoms with Crippen LogP contribution in [0.1, 0.15) is 16.8 Å². The normalized spacial score (nSPS) is 11.4. The molecule has 0 saturated heterocycles. The third-order valence-electron chi connectivity index (χ3n) is 2.17. The second-order valence-electron chi connectivity index (χ2n) is 3.51. The predicted molar refractivity (Wildman–Crippen MR) is 54.9 cm³/mol. The molecular weight excluding hydrogens is 253 g/mol. The fourth-order valence-electron chi connectivity index (χ4n) is 1.50. The van der Waals surface area contributed by atoms with E-state index in [2.05, 4.69) is 9.72 Å². The molecule has 0 aliphatic heterocycles. The van der Waals surface area contributed by atoms with Crippen molar-refractivity contribution in [2.45, 2.75) is 26.3 Å². The van der Waals surface area contributed by atoms with E-state index in [0.29, 0.717) is 5.56 Å². The maximum Gasteiger partial charge on any atom is 0.574 e. The topological polar surface area (TPSA) is 85.4 Å². The van der Waals surface area contributed by atoms with Gasteiger partial charge in [-0.15, -0.1) is 13.2 Å². The van der Waals surface area contributed by atoms with E-state index < -0.39 is 24.6 Å². The average Bonchev–Trinajstić information content (AvgIpc) is 2.13. The van der Waals surface area contributed by atoms with Crippen molar-refractivity contribution in [2.24, 2.45) is 5.73 Å². The van der Waals surface area contributed by atoms with Crippen LogP contribution in [0.3, 0.4) is 0 Å². The summed E-state index contributed by atoms with van der Waals surface area (Å²) in [6.45, 7) is 1.44. The van der Waals surface area contributed by atoms with Crippen LogP contribution in [-0.4, -0.2) is 22.4 Å². The summed E-state index contributed by atoms with van der Waals surface area (Å²) in [7, 11) is 0. The van der Waals surface area contributed by atoms with E-state index in [1.165, 1.54) is 6.92 Å². The number of carboxylic acid groups (broad SMARTS) is 1. The highest BCUT2D eigenvalue weighted by Crippen LogP contribution is 2.24. The van der Waals surface area contributed by atoms with Gasteiger partial charge in [-0.25, -0.2) is 4.98 Å². The molecular formula is C10H11F3N2O3. The molecule has 1 heterocycles. The molecule has 3 N–H and O–H groups in total. The maximum absolute atomic E-state index is 12.0. The van der Waals surface area contributed by atoms with Gasteiger partial charge in [-0.2, -0.15) is 0 Å². The molecule has 5 nitrogen and oxygen atoms in total. The molecule has 18 heavy (non-hydrogen) atoms. The second-order valence-corrected chi connectivity index (χ2v) is 3.51. The van der Waals surface area contributed by atoms with Crippen molar-refractivity contribution < 1.29 is 27.8 Å². The molecule has 0 radical (unpaired) electrons. The van der Waals surface area contributed by atoms with E-state index in [4.69, 9.17) is 10.8 Å². The molecule has 1 aromatic rings. The van der Waals surface area contributed by atoms with Gasteiger partial charge in [0.25, 0.3) is 0 Å². The van der Waals surface area contributed by atoms with Gasteiger partial charge in [-0.05, 0) is 18.1 Å². The Bertz CT molecular complexity index is 460. The monoisotopic (exact) mass is 264 g/mol. The number of pyridine rings is 1. The summed E-state index contributed by atoms with van der Waals surface area (Å²) >= 11 is 0. The Morgan fingerprint density at radius 2 is 2.17 bits per heavy atom. The van der Waals surface area contributed by atoms with Gasteiger partial charge in [0.1, 0.15) is 0 Å². The zero-order valence-electron chi connectivity index (χ0n) is 9.41. The van der Waals surface area contributed by atoms with E-state index >= 15 is 0 Å². The molecule has 100 valence electrons. The lowest BCUT2D eigenvalue weighted by atomic mass is 10.0. The fraction of sp³-hybridized carbons (Fsp3) is 0.400. The minimum atomic E-state index is -4.87. The highest BCUT2D eigenvalue weighted by molar-refractivity contribution is 5.71. The summed E-state index contributed by atoms with van der Waals surface area (Å²) in [5, 5.41) is 8.68. The summed E-state index contributed by atoms with van der Waals surface area (Å²) in [5.74, 6) is -1.86. The van der Waals surface area contributed by atoms with Gasteiger partial charge in [-0.1, -0.05) is 0 Å². The molecule has 0 fully saturated rings. The molecule has 0 unspecified atom stereocenters. The number of alkyl halides is 3. The van der Waals surface area contributed by atoms with Gasteiger partial charge in [-0.3, -0.25) is 4.79 Å². The lowest BCUT2D eigenvalue weighted by molar-refractivity contribution is -0.276. The number of nitrogens with two attached hydrogens (primary N) is 1. The lowest BCUT2D eigenvalue weighted by Crippen LogP contribution is -2.19. The third-order valence-corrected chi connectivity index (χ3v) is 2.17. The predicted octanol–water partition coefficient (Wildman–Crippen LogP) is 1.37. The van der Waals surface area contributed by atoms with Gasteiger partial charge in [0.2, 0.25) is 5.88 Å². The Morgan fingerprint density at radius 1 is 1.56 bits per heavy atom. The first-order valence-electron chi connectivity index (χ1n) is 4.90. The van der Waals surface area contributed by atoms with Gasteiger partial charge in [0.05, 0.1) is 6.42 Å². The quantitative estimate of drug-likeness (QED) is 0.857. The summed E-state index contributed by atoms with van der Waals surface area (Å²) in [4.78, 5) is 14.2. The molecule has 0 spiro atoms. The average molecular weight is 264 g/mol. The van der Waals surface area contributed by atoms with Crippen LogP contribution in [0, 0.1) is 6.92 Å². The van der Waals surface area contributed by atoms with Crippen LogP contribution in [0.15, 0.2) is 6.07 Å². The van der Waals surface area contributed by atoms with Crippen LogP contribution < -0.4 is 10.5 Å². The number of aromatic nitrogens is 1. The van der Waals surface area contributed by atoms with Gasteiger partial charge < -0.3 is 15.6 Å². The number of aliphatic carboxylic acids is 1. The van der Waals surface area contributed by atoms with E-state index in [-0.39, 0.29) is 17.8 Å². The van der Waals surface area contributed by atoms with Crippen LogP contribution in [0.4, 0.5) is 13.2 Å². The molecule has 0 amide bonds. The van der Waals surface area contributed by atoms with Crippen molar-refractivity contribution in [1.82, 2.24) is 4.98 Å². The highest BCUT2D eigenvalue weighted by atomic mass is 19.4. The van der Waals surface area contributed by atoms with E-state index in [0.717, 1.165) is 6.07 Å². The molecule has 0 aliphatic carbocycles. The van der Waals surface area contributed by atoms with Crippen LogP contribution in [0.25, 0.3) is 0 Å². The Labute approximate surface area is 100 Å². The maximum atomic E-state index is 12.0. The molecule has 1 rings (SSSR count). The van der Waals surface area contributed by atoms with E-state index in [1.54, 1.807) is 0 Å². The summed E-state index contributed by atoms with van der Waals surface area (Å²) in [5.41, 5.74) is 6.20. The zero-order chi connectivity index (χ0) is 13.9. The van der Waals surface area contributed by atoms with Crippen molar-refractivity contribution in [3.8, 4) is 5.88 Å². The van der Waals surface area contributed by atoms with E-state index in [9.17, 15) is 18.0 Å². The minimum absolute atomic E-state index is 0.00621. The smallest absolute Gasteiger partial charge is 0.481 e. The molecule has 0 aliphatic rings. The number of hydrogen-bond donors (Lipinski definition) is 2.